The van der Waals surface area contributed by atoms with Crippen molar-refractivity contribution in [1.82, 2.24) is 9.97 Å². The number of imidazole rings is 1. The molecule has 0 aliphatic rings. The Morgan fingerprint density at radius 3 is 2.17 bits per heavy atom. The van der Waals surface area contributed by atoms with Gasteiger partial charge in [-0.2, -0.15) is 4.98 Å². The molecule has 166 valence electrons. The van der Waals surface area contributed by atoms with Crippen LogP contribution < -0.4 is 22.1 Å². The average Bonchev–Trinajstić information content (AvgIpc) is 3.05. The lowest BCUT2D eigenvalue weighted by Gasteiger charge is -2.09. The van der Waals surface area contributed by atoms with Gasteiger partial charge in [-0.3, -0.25) is 9.59 Å². The number of hydrogen-bond donors (Lipinski definition) is 9. The van der Waals surface area contributed by atoms with Gasteiger partial charge in [-0.1, -0.05) is 0 Å². The molecule has 0 spiro atoms. The molecule has 12 heteroatoms. The van der Waals surface area contributed by atoms with Crippen LogP contribution in [0, 0.1) is 0 Å². The molecular weight excluding hydrogens is 384 g/mol. The zero-order valence-corrected chi connectivity index (χ0v) is 16.3. The molecule has 0 saturated carbocycles. The summed E-state index contributed by atoms with van der Waals surface area (Å²) in [5.41, 5.74) is 11.5. The van der Waals surface area contributed by atoms with Gasteiger partial charge in [0.2, 0.25) is 5.95 Å². The summed E-state index contributed by atoms with van der Waals surface area (Å²) in [6, 6.07) is -1.78. The number of aromatic amines is 1. The highest BCUT2D eigenvalue weighted by Crippen LogP contribution is 2.18. The fraction of sp³-hybridized carbons (Fsp3) is 0.706. The Hall–Kier alpha value is -2.41. The second kappa shape index (κ2) is 12.9. The standard InChI is InChI=1S/C17H32N6O6/c18-11(15(26)27)4-1-2-6-20-14-13(8-10(25)9-24)22-17(23-14)21-7-3-5-12(19)16(28)29/h10-12,20,24-25H,1-9,18-19H2,(H,26,27)(H,28,29)(H2,21,22,23)/t10?,11-,12?/m0/s1. The lowest BCUT2D eigenvalue weighted by Crippen LogP contribution is -2.30. The molecule has 1 aromatic rings. The number of unbranched alkanes of at least 4 members (excludes halogenated alkanes) is 1. The number of aromatic nitrogens is 2. The van der Waals surface area contributed by atoms with Crippen LogP contribution in [0.5, 0.6) is 0 Å². The van der Waals surface area contributed by atoms with Crippen LogP contribution in [0.4, 0.5) is 11.8 Å². The minimum Gasteiger partial charge on any atom is -0.480 e. The van der Waals surface area contributed by atoms with E-state index in [0.29, 0.717) is 62.7 Å². The number of nitrogens with zero attached hydrogens (tertiary/aromatic N) is 1. The molecule has 0 saturated heterocycles. The maximum atomic E-state index is 10.7. The van der Waals surface area contributed by atoms with Crippen molar-refractivity contribution in [3.8, 4) is 0 Å². The number of anilines is 2. The number of aliphatic carboxylic acids is 2. The highest BCUT2D eigenvalue weighted by Gasteiger charge is 2.15. The number of rotatable bonds is 16. The molecule has 1 aromatic heterocycles. The molecule has 12 nitrogen and oxygen atoms in total. The monoisotopic (exact) mass is 416 g/mol. The number of H-pyrrole nitrogens is 1. The van der Waals surface area contributed by atoms with Gasteiger partial charge in [-0.25, -0.2) is 0 Å². The fourth-order valence-corrected chi connectivity index (χ4v) is 2.56. The predicted molar refractivity (Wildman–Crippen MR) is 107 cm³/mol. The number of carboxylic acid groups (broad SMARTS) is 2. The van der Waals surface area contributed by atoms with Crippen molar-refractivity contribution < 1.29 is 30.0 Å². The Labute approximate surface area is 168 Å². The topological polar surface area (TPSA) is 220 Å². The third-order valence-electron chi connectivity index (χ3n) is 4.28. The number of aliphatic hydroxyl groups is 2. The van der Waals surface area contributed by atoms with E-state index in [1.807, 2.05) is 0 Å². The maximum absolute atomic E-state index is 10.7. The van der Waals surface area contributed by atoms with E-state index in [1.54, 1.807) is 0 Å². The van der Waals surface area contributed by atoms with Gasteiger partial charge in [0, 0.05) is 19.5 Å². The summed E-state index contributed by atoms with van der Waals surface area (Å²) in [5, 5.41) is 42.5. The van der Waals surface area contributed by atoms with Gasteiger partial charge in [0.05, 0.1) is 18.4 Å². The van der Waals surface area contributed by atoms with Gasteiger partial charge in [-0.15, -0.1) is 0 Å². The van der Waals surface area contributed by atoms with Crippen molar-refractivity contribution >= 4 is 23.7 Å². The number of carboxylic acids is 2. The number of aliphatic hydroxyl groups excluding tert-OH is 2. The Bertz CT molecular complexity index is 640. The SMILES string of the molecule is NC(CCCNc1nc(NCCCC[C@H](N)C(=O)O)c(CC(O)CO)[nH]1)C(=O)O. The van der Waals surface area contributed by atoms with E-state index < -0.39 is 30.1 Å². The van der Waals surface area contributed by atoms with E-state index in [1.165, 1.54) is 0 Å². The molecule has 2 unspecified atom stereocenters. The van der Waals surface area contributed by atoms with Gasteiger partial charge >= 0.3 is 11.9 Å². The molecule has 11 N–H and O–H groups in total. The average molecular weight is 416 g/mol. The van der Waals surface area contributed by atoms with E-state index in [9.17, 15) is 14.7 Å². The minimum atomic E-state index is -1.04. The Morgan fingerprint density at radius 1 is 1.00 bits per heavy atom. The molecule has 29 heavy (non-hydrogen) atoms. The molecule has 3 atom stereocenters. The smallest absolute Gasteiger partial charge is 0.320 e. The molecule has 0 radical (unpaired) electrons. The summed E-state index contributed by atoms with van der Waals surface area (Å²) in [5.74, 6) is -1.10. The van der Waals surface area contributed by atoms with Crippen molar-refractivity contribution in [2.45, 2.75) is 56.7 Å². The molecule has 0 fully saturated rings. The third-order valence-corrected chi connectivity index (χ3v) is 4.28. The number of hydrogen-bond acceptors (Lipinski definition) is 9. The van der Waals surface area contributed by atoms with Crippen LogP contribution in [-0.2, 0) is 16.0 Å². The van der Waals surface area contributed by atoms with Gasteiger partial charge in [0.25, 0.3) is 0 Å². The summed E-state index contributed by atoms with van der Waals surface area (Å²) < 4.78 is 0. The van der Waals surface area contributed by atoms with Crippen molar-refractivity contribution in [2.75, 3.05) is 30.3 Å². The van der Waals surface area contributed by atoms with E-state index in [-0.39, 0.29) is 13.0 Å². The zero-order chi connectivity index (χ0) is 21.8. The van der Waals surface area contributed by atoms with Crippen LogP contribution in [0.1, 0.15) is 37.8 Å². The first-order chi connectivity index (χ1) is 13.7. The quantitative estimate of drug-likeness (QED) is 0.147. The summed E-state index contributed by atoms with van der Waals surface area (Å²) >= 11 is 0. The predicted octanol–water partition coefficient (Wildman–Crippen LogP) is -1.10. The van der Waals surface area contributed by atoms with E-state index in [2.05, 4.69) is 20.6 Å². The van der Waals surface area contributed by atoms with Crippen LogP contribution in [-0.4, -0.2) is 80.2 Å². The molecule has 0 amide bonds. The first-order valence-electron chi connectivity index (χ1n) is 9.56. The summed E-state index contributed by atoms with van der Waals surface area (Å²) in [6.45, 7) is 0.608. The second-order valence-electron chi connectivity index (χ2n) is 6.83. The maximum Gasteiger partial charge on any atom is 0.320 e. The first-order valence-corrected chi connectivity index (χ1v) is 9.56. The van der Waals surface area contributed by atoms with Gasteiger partial charge in [0.1, 0.15) is 17.9 Å². The Morgan fingerprint density at radius 2 is 1.59 bits per heavy atom. The number of nitrogens with one attached hydrogen (secondary N) is 3. The van der Waals surface area contributed by atoms with E-state index >= 15 is 0 Å². The van der Waals surface area contributed by atoms with Crippen molar-refractivity contribution in [1.29, 1.82) is 0 Å². The Kier molecular flexibility index (Phi) is 11.0. The van der Waals surface area contributed by atoms with Crippen LogP contribution in [0.15, 0.2) is 0 Å². The third kappa shape index (κ3) is 9.56. The highest BCUT2D eigenvalue weighted by atomic mass is 16.4. The summed E-state index contributed by atoms with van der Waals surface area (Å²) in [7, 11) is 0. The van der Waals surface area contributed by atoms with E-state index in [0.717, 1.165) is 0 Å². The van der Waals surface area contributed by atoms with Crippen LogP contribution >= 0.6 is 0 Å². The van der Waals surface area contributed by atoms with Crippen LogP contribution in [0.25, 0.3) is 0 Å². The molecule has 0 aromatic carbocycles. The zero-order valence-electron chi connectivity index (χ0n) is 16.3. The lowest BCUT2D eigenvalue weighted by molar-refractivity contribution is -0.139. The molecule has 1 heterocycles. The number of nitrogens with two attached hydrogens (primary N) is 2. The molecule has 1 rings (SSSR count). The Balaban J connectivity index is 2.53. The minimum absolute atomic E-state index is 0.168. The molecule has 0 bridgehead atoms. The normalized spacial score (nSPS) is 14.2. The van der Waals surface area contributed by atoms with Gasteiger partial charge < -0.3 is 47.5 Å². The summed E-state index contributed by atoms with van der Waals surface area (Å²) in [6.07, 6.45) is 1.78. The molecule has 0 aliphatic carbocycles. The van der Waals surface area contributed by atoms with Gasteiger partial charge in [-0.05, 0) is 32.1 Å². The lowest BCUT2D eigenvalue weighted by atomic mass is 10.1. The molecular formula is C17H32N6O6. The fourth-order valence-electron chi connectivity index (χ4n) is 2.56. The van der Waals surface area contributed by atoms with Crippen LogP contribution in [0.2, 0.25) is 0 Å². The molecule has 0 aliphatic heterocycles. The van der Waals surface area contributed by atoms with Crippen molar-refractivity contribution in [3.05, 3.63) is 5.69 Å². The first kappa shape index (κ1) is 24.6. The van der Waals surface area contributed by atoms with Crippen molar-refractivity contribution in [3.63, 3.8) is 0 Å². The van der Waals surface area contributed by atoms with Crippen molar-refractivity contribution in [2.24, 2.45) is 11.5 Å². The van der Waals surface area contributed by atoms with Gasteiger partial charge in [0.15, 0.2) is 0 Å². The summed E-state index contributed by atoms with van der Waals surface area (Å²) in [4.78, 5) is 28.8. The van der Waals surface area contributed by atoms with E-state index in [4.69, 9.17) is 26.8 Å². The van der Waals surface area contributed by atoms with Crippen LogP contribution in [0.3, 0.4) is 0 Å². The second-order valence-corrected chi connectivity index (χ2v) is 6.83. The highest BCUT2D eigenvalue weighted by molar-refractivity contribution is 5.73. The number of carbonyl (C=O) groups is 2. The largest absolute Gasteiger partial charge is 0.480 e.